The topological polar surface area (TPSA) is 110 Å². The van der Waals surface area contributed by atoms with Crippen molar-refractivity contribution >= 4 is 17.3 Å². The number of carbonyl (C=O) groups excluding carboxylic acids is 1. The number of anilines is 1. The smallest absolute Gasteiger partial charge is 0.282 e. The second-order valence-corrected chi connectivity index (χ2v) is 5.26. The largest absolute Gasteiger partial charge is 0.349 e. The molecule has 0 saturated heterocycles. The van der Waals surface area contributed by atoms with E-state index in [9.17, 15) is 14.9 Å². The van der Waals surface area contributed by atoms with Crippen molar-refractivity contribution in [3.8, 4) is 0 Å². The maximum atomic E-state index is 12.2. The maximum absolute atomic E-state index is 12.2. The minimum atomic E-state index is -0.575. The molecule has 7 heteroatoms. The number of nitrogens with two attached hydrogens (primary N) is 1. The van der Waals surface area contributed by atoms with Crippen molar-refractivity contribution in [1.82, 2.24) is 5.32 Å². The third-order valence-corrected chi connectivity index (χ3v) is 3.43. The van der Waals surface area contributed by atoms with Crippen molar-refractivity contribution in [3.63, 3.8) is 0 Å². The van der Waals surface area contributed by atoms with E-state index in [1.807, 2.05) is 6.92 Å². The number of nitro benzene ring substituents is 1. The molecule has 4 N–H and O–H groups in total. The average molecular weight is 294 g/mol. The average Bonchev–Trinajstić information content (AvgIpc) is 2.45. The predicted molar refractivity (Wildman–Crippen MR) is 81.9 cm³/mol. The van der Waals surface area contributed by atoms with Gasteiger partial charge in [-0.15, -0.1) is 0 Å². The zero-order valence-electron chi connectivity index (χ0n) is 12.6. The van der Waals surface area contributed by atoms with Crippen LogP contribution in [0, 0.1) is 16.0 Å². The van der Waals surface area contributed by atoms with Crippen LogP contribution < -0.4 is 16.6 Å². The molecule has 0 aliphatic carbocycles. The lowest BCUT2D eigenvalue weighted by Crippen LogP contribution is -2.34. The minimum Gasteiger partial charge on any atom is -0.349 e. The van der Waals surface area contributed by atoms with Gasteiger partial charge < -0.3 is 10.7 Å². The van der Waals surface area contributed by atoms with Crippen LogP contribution in [0.3, 0.4) is 0 Å². The number of hydrogen-bond donors (Lipinski definition) is 3. The Labute approximate surface area is 124 Å². The molecule has 1 aromatic carbocycles. The Balaban J connectivity index is 2.92. The van der Waals surface area contributed by atoms with E-state index in [0.717, 1.165) is 12.8 Å². The summed E-state index contributed by atoms with van der Waals surface area (Å²) in [6, 6.07) is 4.05. The van der Waals surface area contributed by atoms with Crippen molar-refractivity contribution in [1.29, 1.82) is 0 Å². The Morgan fingerprint density at radius 3 is 2.62 bits per heavy atom. The van der Waals surface area contributed by atoms with Crippen LogP contribution in [0.5, 0.6) is 0 Å². The van der Waals surface area contributed by atoms with Gasteiger partial charge in [0.15, 0.2) is 0 Å². The van der Waals surface area contributed by atoms with E-state index in [2.05, 4.69) is 24.6 Å². The molecule has 0 radical (unpaired) electrons. The first-order valence-electron chi connectivity index (χ1n) is 6.94. The molecule has 2 unspecified atom stereocenters. The maximum Gasteiger partial charge on any atom is 0.282 e. The van der Waals surface area contributed by atoms with Crippen LogP contribution in [0.15, 0.2) is 18.2 Å². The summed E-state index contributed by atoms with van der Waals surface area (Å²) >= 11 is 0. The highest BCUT2D eigenvalue weighted by Crippen LogP contribution is 2.22. The van der Waals surface area contributed by atoms with Gasteiger partial charge in [-0.2, -0.15) is 0 Å². The number of carbonyl (C=O) groups is 1. The zero-order valence-corrected chi connectivity index (χ0v) is 12.6. The van der Waals surface area contributed by atoms with Crippen LogP contribution in [0.25, 0.3) is 0 Å². The Morgan fingerprint density at radius 2 is 2.10 bits per heavy atom. The number of nitro groups is 1. The van der Waals surface area contributed by atoms with Crippen LogP contribution in [0.1, 0.15) is 44.0 Å². The fraction of sp³-hybridized carbons (Fsp3) is 0.500. The highest BCUT2D eigenvalue weighted by molar-refractivity contribution is 5.99. The second-order valence-electron chi connectivity index (χ2n) is 5.26. The SMILES string of the molecule is CCC(C)CC(C)NC(=O)c1cc(NN)ccc1[N+](=O)[O-]. The summed E-state index contributed by atoms with van der Waals surface area (Å²) in [5.41, 5.74) is 2.60. The highest BCUT2D eigenvalue weighted by atomic mass is 16.6. The molecule has 116 valence electrons. The normalized spacial score (nSPS) is 13.3. The van der Waals surface area contributed by atoms with Crippen LogP contribution in [0.4, 0.5) is 11.4 Å². The fourth-order valence-corrected chi connectivity index (χ4v) is 2.10. The van der Waals surface area contributed by atoms with Gasteiger partial charge in [0, 0.05) is 17.8 Å². The molecule has 1 aromatic rings. The molecule has 0 saturated carbocycles. The molecule has 21 heavy (non-hydrogen) atoms. The standard InChI is InChI=1S/C14H22N4O3/c1-4-9(2)7-10(3)16-14(19)12-8-11(17-15)5-6-13(12)18(20)21/h5-6,8-10,17H,4,7,15H2,1-3H3,(H,16,19). The van der Waals surface area contributed by atoms with Gasteiger partial charge in [0.05, 0.1) is 4.92 Å². The molecular formula is C14H22N4O3. The van der Waals surface area contributed by atoms with Crippen molar-refractivity contribution < 1.29 is 9.72 Å². The van der Waals surface area contributed by atoms with Crippen LogP contribution in [-0.2, 0) is 0 Å². The molecule has 0 bridgehead atoms. The first-order valence-corrected chi connectivity index (χ1v) is 6.94. The number of hydrazine groups is 1. The van der Waals surface area contributed by atoms with E-state index in [4.69, 9.17) is 5.84 Å². The first kappa shape index (κ1) is 16.9. The van der Waals surface area contributed by atoms with Crippen molar-refractivity contribution in [2.24, 2.45) is 11.8 Å². The van der Waals surface area contributed by atoms with Gasteiger partial charge in [0.1, 0.15) is 5.56 Å². The van der Waals surface area contributed by atoms with Gasteiger partial charge in [-0.1, -0.05) is 20.3 Å². The predicted octanol–water partition coefficient (Wildman–Crippen LogP) is 2.43. The van der Waals surface area contributed by atoms with Gasteiger partial charge in [0.25, 0.3) is 11.6 Å². The summed E-state index contributed by atoms with van der Waals surface area (Å²) in [5.74, 6) is 5.29. The fourth-order valence-electron chi connectivity index (χ4n) is 2.10. The molecular weight excluding hydrogens is 272 g/mol. The monoisotopic (exact) mass is 294 g/mol. The zero-order chi connectivity index (χ0) is 16.0. The minimum absolute atomic E-state index is 0.00597. The molecule has 1 amide bonds. The van der Waals surface area contributed by atoms with E-state index >= 15 is 0 Å². The van der Waals surface area contributed by atoms with Crippen molar-refractivity contribution in [2.45, 2.75) is 39.7 Å². The summed E-state index contributed by atoms with van der Waals surface area (Å²) in [4.78, 5) is 22.7. The van der Waals surface area contributed by atoms with Crippen LogP contribution in [0.2, 0.25) is 0 Å². The number of hydrogen-bond acceptors (Lipinski definition) is 5. The van der Waals surface area contributed by atoms with E-state index in [1.165, 1.54) is 18.2 Å². The second kappa shape index (κ2) is 7.58. The number of nitrogens with one attached hydrogen (secondary N) is 2. The first-order chi connectivity index (χ1) is 9.88. The van der Waals surface area contributed by atoms with E-state index < -0.39 is 10.8 Å². The van der Waals surface area contributed by atoms with Crippen LogP contribution >= 0.6 is 0 Å². The Morgan fingerprint density at radius 1 is 1.43 bits per heavy atom. The van der Waals surface area contributed by atoms with Gasteiger partial charge in [-0.25, -0.2) is 0 Å². The Hall–Kier alpha value is -2.15. The molecule has 0 spiro atoms. The Bertz CT molecular complexity index is 519. The Kier molecular flexibility index (Phi) is 6.10. The van der Waals surface area contributed by atoms with E-state index in [0.29, 0.717) is 11.6 Å². The molecule has 7 nitrogen and oxygen atoms in total. The number of rotatable bonds is 7. The number of benzene rings is 1. The lowest BCUT2D eigenvalue weighted by Gasteiger charge is -2.17. The lowest BCUT2D eigenvalue weighted by molar-refractivity contribution is -0.385. The van der Waals surface area contributed by atoms with Crippen LogP contribution in [-0.4, -0.2) is 16.9 Å². The number of nitrogen functional groups attached to an aromatic ring is 1. The molecule has 0 fully saturated rings. The summed E-state index contributed by atoms with van der Waals surface area (Å²) in [6.45, 7) is 6.07. The summed E-state index contributed by atoms with van der Waals surface area (Å²) < 4.78 is 0. The lowest BCUT2D eigenvalue weighted by atomic mass is 10.00. The number of nitrogens with zero attached hydrogens (tertiary/aromatic N) is 1. The molecule has 0 aliphatic heterocycles. The van der Waals surface area contributed by atoms with E-state index in [-0.39, 0.29) is 17.3 Å². The summed E-state index contributed by atoms with van der Waals surface area (Å²) in [5, 5.41) is 13.8. The molecule has 0 aromatic heterocycles. The molecule has 0 aliphatic rings. The third-order valence-electron chi connectivity index (χ3n) is 3.43. The van der Waals surface area contributed by atoms with Gasteiger partial charge in [0.2, 0.25) is 0 Å². The van der Waals surface area contributed by atoms with Crippen molar-refractivity contribution in [3.05, 3.63) is 33.9 Å². The van der Waals surface area contributed by atoms with Crippen molar-refractivity contribution in [2.75, 3.05) is 5.43 Å². The highest BCUT2D eigenvalue weighted by Gasteiger charge is 2.22. The van der Waals surface area contributed by atoms with Gasteiger partial charge in [-0.05, 0) is 31.4 Å². The summed E-state index contributed by atoms with van der Waals surface area (Å²) in [7, 11) is 0. The molecule has 0 heterocycles. The van der Waals surface area contributed by atoms with E-state index in [1.54, 1.807) is 0 Å². The molecule has 1 rings (SSSR count). The third kappa shape index (κ3) is 4.71. The van der Waals surface area contributed by atoms with Gasteiger partial charge in [-0.3, -0.25) is 20.8 Å². The summed E-state index contributed by atoms with van der Waals surface area (Å²) in [6.07, 6.45) is 1.85. The quantitative estimate of drug-likeness (QED) is 0.406. The number of amides is 1. The van der Waals surface area contributed by atoms with Gasteiger partial charge >= 0.3 is 0 Å². The molecule has 2 atom stereocenters.